The van der Waals surface area contributed by atoms with Crippen LogP contribution < -0.4 is 0 Å². The standard InChI is InChI=1S/C10H18O4/c1-3-4-13-10-6-8(12)5-9(14-10)7(2)11/h3,7-12H,1,4-6H2,2H3. The molecule has 14 heavy (non-hydrogen) atoms. The van der Waals surface area contributed by atoms with E-state index in [1.165, 1.54) is 0 Å². The molecule has 0 aromatic rings. The number of hydrogen-bond donors (Lipinski definition) is 2. The first-order chi connectivity index (χ1) is 6.63. The van der Waals surface area contributed by atoms with E-state index in [1.807, 2.05) is 0 Å². The number of aliphatic hydroxyl groups is 2. The molecule has 4 atom stereocenters. The molecule has 0 spiro atoms. The zero-order valence-corrected chi connectivity index (χ0v) is 8.43. The Hall–Kier alpha value is -0.420. The number of hydrogen-bond acceptors (Lipinski definition) is 4. The molecule has 0 bridgehead atoms. The maximum Gasteiger partial charge on any atom is 0.160 e. The van der Waals surface area contributed by atoms with Crippen molar-refractivity contribution in [1.29, 1.82) is 0 Å². The van der Waals surface area contributed by atoms with E-state index in [0.717, 1.165) is 0 Å². The summed E-state index contributed by atoms with van der Waals surface area (Å²) in [6, 6.07) is 0. The van der Waals surface area contributed by atoms with Crippen molar-refractivity contribution in [3.05, 3.63) is 12.7 Å². The third-order valence-electron chi connectivity index (χ3n) is 2.23. The van der Waals surface area contributed by atoms with E-state index < -0.39 is 18.5 Å². The summed E-state index contributed by atoms with van der Waals surface area (Å²) in [7, 11) is 0. The molecule has 0 aliphatic carbocycles. The van der Waals surface area contributed by atoms with Crippen molar-refractivity contribution in [2.45, 2.75) is 44.4 Å². The molecule has 4 unspecified atom stereocenters. The molecule has 4 heteroatoms. The Bertz CT molecular complexity index is 181. The lowest BCUT2D eigenvalue weighted by atomic mass is 10.0. The van der Waals surface area contributed by atoms with Crippen molar-refractivity contribution in [2.24, 2.45) is 0 Å². The van der Waals surface area contributed by atoms with Crippen LogP contribution in [-0.2, 0) is 9.47 Å². The maximum absolute atomic E-state index is 9.50. The molecule has 2 N–H and O–H groups in total. The molecular formula is C10H18O4. The van der Waals surface area contributed by atoms with Gasteiger partial charge in [0.2, 0.25) is 0 Å². The van der Waals surface area contributed by atoms with Gasteiger partial charge in [0.25, 0.3) is 0 Å². The fourth-order valence-corrected chi connectivity index (χ4v) is 1.49. The van der Waals surface area contributed by atoms with Crippen LogP contribution in [0.2, 0.25) is 0 Å². The minimum Gasteiger partial charge on any atom is -0.393 e. The van der Waals surface area contributed by atoms with E-state index in [4.69, 9.17) is 9.47 Å². The van der Waals surface area contributed by atoms with Crippen LogP contribution in [0.3, 0.4) is 0 Å². The number of rotatable bonds is 4. The first-order valence-electron chi connectivity index (χ1n) is 4.87. The Morgan fingerprint density at radius 2 is 2.36 bits per heavy atom. The smallest absolute Gasteiger partial charge is 0.160 e. The van der Waals surface area contributed by atoms with Crippen molar-refractivity contribution in [2.75, 3.05) is 6.61 Å². The van der Waals surface area contributed by atoms with Crippen molar-refractivity contribution in [1.82, 2.24) is 0 Å². The Labute approximate surface area is 84.1 Å². The molecule has 0 amide bonds. The summed E-state index contributed by atoms with van der Waals surface area (Å²) in [5.74, 6) is 0. The van der Waals surface area contributed by atoms with Crippen molar-refractivity contribution < 1.29 is 19.7 Å². The Kier molecular flexibility index (Phi) is 4.54. The van der Waals surface area contributed by atoms with Gasteiger partial charge < -0.3 is 19.7 Å². The van der Waals surface area contributed by atoms with Gasteiger partial charge in [-0.3, -0.25) is 0 Å². The maximum atomic E-state index is 9.50. The van der Waals surface area contributed by atoms with Gasteiger partial charge in [-0.25, -0.2) is 0 Å². The van der Waals surface area contributed by atoms with Crippen LogP contribution in [0.15, 0.2) is 12.7 Å². The topological polar surface area (TPSA) is 58.9 Å². The summed E-state index contributed by atoms with van der Waals surface area (Å²) in [4.78, 5) is 0. The molecule has 0 aromatic carbocycles. The molecule has 0 saturated carbocycles. The van der Waals surface area contributed by atoms with Gasteiger partial charge in [0.05, 0.1) is 24.9 Å². The molecule has 4 nitrogen and oxygen atoms in total. The van der Waals surface area contributed by atoms with E-state index in [9.17, 15) is 10.2 Å². The van der Waals surface area contributed by atoms with Crippen LogP contribution in [-0.4, -0.2) is 41.4 Å². The molecule has 82 valence electrons. The highest BCUT2D eigenvalue weighted by molar-refractivity contribution is 4.77. The molecule has 0 aromatic heterocycles. The molecule has 1 fully saturated rings. The SMILES string of the molecule is C=CCOC1CC(O)CC(C(C)O)O1. The van der Waals surface area contributed by atoms with Crippen molar-refractivity contribution >= 4 is 0 Å². The second kappa shape index (κ2) is 5.46. The summed E-state index contributed by atoms with van der Waals surface area (Å²) in [6.07, 6.45) is 0.729. The Balaban J connectivity index is 2.41. The van der Waals surface area contributed by atoms with Gasteiger partial charge in [-0.2, -0.15) is 0 Å². The average molecular weight is 202 g/mol. The molecule has 1 rings (SSSR count). The molecule has 1 aliphatic rings. The van der Waals surface area contributed by atoms with Crippen molar-refractivity contribution in [3.8, 4) is 0 Å². The normalized spacial score (nSPS) is 35.2. The monoisotopic (exact) mass is 202 g/mol. The minimum absolute atomic E-state index is 0.339. The summed E-state index contributed by atoms with van der Waals surface area (Å²) in [5.41, 5.74) is 0. The molecule has 1 heterocycles. The quantitative estimate of drug-likeness (QED) is 0.649. The summed E-state index contributed by atoms with van der Waals surface area (Å²) in [5, 5.41) is 18.8. The molecule has 0 radical (unpaired) electrons. The van der Waals surface area contributed by atoms with Crippen LogP contribution in [0.25, 0.3) is 0 Å². The highest BCUT2D eigenvalue weighted by Gasteiger charge is 2.31. The van der Waals surface area contributed by atoms with Crippen molar-refractivity contribution in [3.63, 3.8) is 0 Å². The summed E-state index contributed by atoms with van der Waals surface area (Å²) in [6.45, 7) is 5.56. The van der Waals surface area contributed by atoms with Gasteiger partial charge >= 0.3 is 0 Å². The third-order valence-corrected chi connectivity index (χ3v) is 2.23. The van der Waals surface area contributed by atoms with Gasteiger partial charge in [0.1, 0.15) is 0 Å². The predicted octanol–water partition coefficient (Wildman–Crippen LogP) is 0.436. The van der Waals surface area contributed by atoms with Gasteiger partial charge in [0, 0.05) is 12.8 Å². The van der Waals surface area contributed by atoms with E-state index in [1.54, 1.807) is 13.0 Å². The first kappa shape index (κ1) is 11.7. The van der Waals surface area contributed by atoms with Gasteiger partial charge in [-0.05, 0) is 6.92 Å². The minimum atomic E-state index is -0.584. The van der Waals surface area contributed by atoms with Gasteiger partial charge in [-0.15, -0.1) is 6.58 Å². The zero-order chi connectivity index (χ0) is 10.6. The molecule has 1 aliphatic heterocycles. The first-order valence-corrected chi connectivity index (χ1v) is 4.87. The second-order valence-corrected chi connectivity index (χ2v) is 3.59. The van der Waals surface area contributed by atoms with E-state index in [2.05, 4.69) is 6.58 Å². The lowest BCUT2D eigenvalue weighted by Gasteiger charge is -2.34. The van der Waals surface area contributed by atoms with Crippen LogP contribution in [0, 0.1) is 0 Å². The second-order valence-electron chi connectivity index (χ2n) is 3.59. The van der Waals surface area contributed by atoms with Crippen LogP contribution in [0.1, 0.15) is 19.8 Å². The van der Waals surface area contributed by atoms with Crippen LogP contribution in [0.5, 0.6) is 0 Å². The Morgan fingerprint density at radius 3 is 2.93 bits per heavy atom. The fourth-order valence-electron chi connectivity index (χ4n) is 1.49. The molecular weight excluding hydrogens is 184 g/mol. The highest BCUT2D eigenvalue weighted by atomic mass is 16.7. The highest BCUT2D eigenvalue weighted by Crippen LogP contribution is 2.22. The number of ether oxygens (including phenoxy) is 2. The summed E-state index contributed by atoms with van der Waals surface area (Å²) < 4.78 is 10.7. The number of aliphatic hydroxyl groups excluding tert-OH is 2. The lowest BCUT2D eigenvalue weighted by molar-refractivity contribution is -0.228. The molecule has 1 saturated heterocycles. The predicted molar refractivity (Wildman–Crippen MR) is 51.7 cm³/mol. The summed E-state index contributed by atoms with van der Waals surface area (Å²) >= 11 is 0. The average Bonchev–Trinajstić information content (AvgIpc) is 2.14. The van der Waals surface area contributed by atoms with Crippen LogP contribution in [0.4, 0.5) is 0 Å². The largest absolute Gasteiger partial charge is 0.393 e. The van der Waals surface area contributed by atoms with E-state index >= 15 is 0 Å². The lowest BCUT2D eigenvalue weighted by Crippen LogP contribution is -2.42. The van der Waals surface area contributed by atoms with E-state index in [-0.39, 0.29) is 6.10 Å². The van der Waals surface area contributed by atoms with E-state index in [0.29, 0.717) is 19.4 Å². The van der Waals surface area contributed by atoms with Gasteiger partial charge in [0.15, 0.2) is 6.29 Å². The van der Waals surface area contributed by atoms with Gasteiger partial charge in [-0.1, -0.05) is 6.08 Å². The Morgan fingerprint density at radius 1 is 1.64 bits per heavy atom. The zero-order valence-electron chi connectivity index (χ0n) is 8.43. The fraction of sp³-hybridized carbons (Fsp3) is 0.800. The van der Waals surface area contributed by atoms with Crippen LogP contribution >= 0.6 is 0 Å². The third kappa shape index (κ3) is 3.38.